The Balaban J connectivity index is 1.58. The first-order chi connectivity index (χ1) is 15.6. The zero-order valence-corrected chi connectivity index (χ0v) is 18.7. The number of hydrogen-bond acceptors (Lipinski definition) is 10. The minimum Gasteiger partial charge on any atom is -0.454 e. The van der Waals surface area contributed by atoms with Crippen LogP contribution in [0, 0.1) is 0 Å². The van der Waals surface area contributed by atoms with Crippen molar-refractivity contribution in [2.75, 3.05) is 19.1 Å². The average molecular weight is 470 g/mol. The highest BCUT2D eigenvalue weighted by molar-refractivity contribution is 7.99. The normalized spacial score (nSPS) is 12.4. The van der Waals surface area contributed by atoms with Crippen LogP contribution in [0.1, 0.15) is 13.3 Å². The number of thiazole rings is 1. The molecule has 0 unspecified atom stereocenters. The number of carbonyl (C=O) groups excluding carboxylic acids is 1. The van der Waals surface area contributed by atoms with Crippen LogP contribution in [0.3, 0.4) is 0 Å². The summed E-state index contributed by atoms with van der Waals surface area (Å²) < 4.78 is 13.0. The van der Waals surface area contributed by atoms with Gasteiger partial charge in [0.1, 0.15) is 11.3 Å². The molecule has 0 fully saturated rings. The Labute approximate surface area is 191 Å². The van der Waals surface area contributed by atoms with Gasteiger partial charge in [0, 0.05) is 41.5 Å². The molecular formula is C20H19N7O3S2. The van der Waals surface area contributed by atoms with Crippen molar-refractivity contribution in [1.29, 1.82) is 0 Å². The standard InChI is InChI=1S/C20H19N7O3S2/c1-2-22-15(28)3-5-27-18-16(17(21)24-9-25-18)26-20(27)32-14-8-13-12(29-10-30-13)7-11(14)19-23-4-6-31-19/h4,6-9H,2-3,5,10H2,1H3,(H,22,28)(H2,21,24,25). The van der Waals surface area contributed by atoms with E-state index < -0.39 is 0 Å². The van der Waals surface area contributed by atoms with E-state index in [0.29, 0.717) is 46.7 Å². The molecule has 164 valence electrons. The van der Waals surface area contributed by atoms with E-state index >= 15 is 0 Å². The Bertz CT molecular complexity index is 1290. The number of hydrogen-bond donors (Lipinski definition) is 2. The molecule has 3 aromatic heterocycles. The molecule has 1 aromatic carbocycles. The van der Waals surface area contributed by atoms with E-state index in [-0.39, 0.29) is 19.1 Å². The minimum absolute atomic E-state index is 0.0427. The molecule has 3 N–H and O–H groups in total. The maximum Gasteiger partial charge on any atom is 0.231 e. The summed E-state index contributed by atoms with van der Waals surface area (Å²) in [5, 5.41) is 6.24. The summed E-state index contributed by atoms with van der Waals surface area (Å²) in [6.07, 6.45) is 3.45. The van der Waals surface area contributed by atoms with Crippen molar-refractivity contribution >= 4 is 46.0 Å². The van der Waals surface area contributed by atoms with Gasteiger partial charge >= 0.3 is 0 Å². The second-order valence-corrected chi connectivity index (χ2v) is 8.73. The molecule has 0 saturated carbocycles. The lowest BCUT2D eigenvalue weighted by Gasteiger charge is -2.11. The lowest BCUT2D eigenvalue weighted by molar-refractivity contribution is -0.121. The van der Waals surface area contributed by atoms with E-state index in [2.05, 4.69) is 20.3 Å². The van der Waals surface area contributed by atoms with Gasteiger partial charge in [-0.15, -0.1) is 11.3 Å². The van der Waals surface area contributed by atoms with E-state index in [9.17, 15) is 4.79 Å². The molecule has 4 heterocycles. The smallest absolute Gasteiger partial charge is 0.231 e. The fourth-order valence-corrected chi connectivity index (χ4v) is 5.13. The van der Waals surface area contributed by atoms with Crippen LogP contribution in [-0.2, 0) is 11.3 Å². The number of fused-ring (bicyclic) bond motifs is 2. The predicted octanol–water partition coefficient (Wildman–Crippen LogP) is 2.94. The third kappa shape index (κ3) is 3.82. The number of nitrogens with zero attached hydrogens (tertiary/aromatic N) is 5. The van der Waals surface area contributed by atoms with Crippen LogP contribution in [0.2, 0.25) is 0 Å². The number of aryl methyl sites for hydroxylation is 1. The third-order valence-electron chi connectivity index (χ3n) is 4.80. The summed E-state index contributed by atoms with van der Waals surface area (Å²) in [5.41, 5.74) is 8.05. The van der Waals surface area contributed by atoms with Crippen molar-refractivity contribution in [2.45, 2.75) is 29.9 Å². The largest absolute Gasteiger partial charge is 0.454 e. The molecule has 0 bridgehead atoms. The SMILES string of the molecule is CCNC(=O)CCn1c(Sc2cc3c(cc2-c2nccs2)OCO3)nc2c(N)ncnc21. The van der Waals surface area contributed by atoms with Crippen molar-refractivity contribution in [3.8, 4) is 22.1 Å². The lowest BCUT2D eigenvalue weighted by Crippen LogP contribution is -2.23. The van der Waals surface area contributed by atoms with Crippen molar-refractivity contribution in [3.63, 3.8) is 0 Å². The van der Waals surface area contributed by atoms with Crippen molar-refractivity contribution in [3.05, 3.63) is 30.0 Å². The predicted molar refractivity (Wildman–Crippen MR) is 121 cm³/mol. The van der Waals surface area contributed by atoms with Gasteiger partial charge in [0.05, 0.1) is 0 Å². The first kappa shape index (κ1) is 20.5. The summed E-state index contributed by atoms with van der Waals surface area (Å²) >= 11 is 2.97. The highest BCUT2D eigenvalue weighted by Gasteiger charge is 2.23. The van der Waals surface area contributed by atoms with Gasteiger partial charge in [0.2, 0.25) is 12.7 Å². The molecule has 32 heavy (non-hydrogen) atoms. The number of rotatable bonds is 7. The zero-order chi connectivity index (χ0) is 22.1. The average Bonchev–Trinajstić information content (AvgIpc) is 3.52. The Morgan fingerprint density at radius 2 is 2.12 bits per heavy atom. The zero-order valence-electron chi connectivity index (χ0n) is 17.1. The number of aromatic nitrogens is 5. The van der Waals surface area contributed by atoms with E-state index in [1.165, 1.54) is 29.4 Å². The van der Waals surface area contributed by atoms with Gasteiger partial charge < -0.3 is 25.1 Å². The number of benzene rings is 1. The van der Waals surface area contributed by atoms with E-state index in [1.807, 2.05) is 29.0 Å². The molecule has 1 aliphatic rings. The fraction of sp³-hybridized carbons (Fsp3) is 0.250. The van der Waals surface area contributed by atoms with Gasteiger partial charge in [-0.2, -0.15) is 0 Å². The van der Waals surface area contributed by atoms with Crippen LogP contribution in [0.5, 0.6) is 11.5 Å². The molecule has 4 aromatic rings. The lowest BCUT2D eigenvalue weighted by atomic mass is 10.2. The van der Waals surface area contributed by atoms with Crippen LogP contribution >= 0.6 is 23.1 Å². The van der Waals surface area contributed by atoms with Gasteiger partial charge in [0.15, 0.2) is 33.6 Å². The monoisotopic (exact) mass is 469 g/mol. The van der Waals surface area contributed by atoms with Crippen LogP contribution in [-0.4, -0.2) is 43.7 Å². The van der Waals surface area contributed by atoms with Crippen molar-refractivity contribution < 1.29 is 14.3 Å². The number of amides is 1. The highest BCUT2D eigenvalue weighted by atomic mass is 32.2. The van der Waals surface area contributed by atoms with Gasteiger partial charge in [-0.3, -0.25) is 4.79 Å². The Morgan fingerprint density at radius 3 is 2.91 bits per heavy atom. The summed E-state index contributed by atoms with van der Waals surface area (Å²) in [5.74, 6) is 1.59. The number of anilines is 1. The van der Waals surface area contributed by atoms with Gasteiger partial charge in [-0.25, -0.2) is 19.9 Å². The third-order valence-corrected chi connectivity index (χ3v) is 6.66. The maximum atomic E-state index is 12.1. The fourth-order valence-electron chi connectivity index (χ4n) is 3.34. The molecule has 12 heteroatoms. The molecule has 0 radical (unpaired) electrons. The Morgan fingerprint density at radius 1 is 1.28 bits per heavy atom. The topological polar surface area (TPSA) is 130 Å². The molecule has 0 atom stereocenters. The second kappa shape index (κ2) is 8.63. The van der Waals surface area contributed by atoms with Crippen LogP contribution in [0.4, 0.5) is 5.82 Å². The summed E-state index contributed by atoms with van der Waals surface area (Å²) in [6.45, 7) is 3.05. The number of nitrogens with two attached hydrogens (primary N) is 1. The highest BCUT2D eigenvalue weighted by Crippen LogP contribution is 2.45. The summed E-state index contributed by atoms with van der Waals surface area (Å²) in [6, 6.07) is 3.85. The molecule has 1 amide bonds. The molecule has 5 rings (SSSR count). The summed E-state index contributed by atoms with van der Waals surface area (Å²) in [7, 11) is 0. The first-order valence-electron chi connectivity index (χ1n) is 9.88. The van der Waals surface area contributed by atoms with Crippen molar-refractivity contribution in [1.82, 2.24) is 29.8 Å². The van der Waals surface area contributed by atoms with Gasteiger partial charge in [-0.05, 0) is 19.1 Å². The first-order valence-corrected chi connectivity index (χ1v) is 11.6. The summed E-state index contributed by atoms with van der Waals surface area (Å²) in [4.78, 5) is 30.6. The molecular weight excluding hydrogens is 450 g/mol. The number of carbonyl (C=O) groups is 1. The van der Waals surface area contributed by atoms with E-state index in [4.69, 9.17) is 20.2 Å². The van der Waals surface area contributed by atoms with Gasteiger partial charge in [-0.1, -0.05) is 11.8 Å². The minimum atomic E-state index is -0.0427. The van der Waals surface area contributed by atoms with Crippen LogP contribution in [0.25, 0.3) is 21.7 Å². The molecule has 1 aliphatic heterocycles. The van der Waals surface area contributed by atoms with Gasteiger partial charge in [0.25, 0.3) is 0 Å². The molecule has 0 aliphatic carbocycles. The van der Waals surface area contributed by atoms with E-state index in [0.717, 1.165) is 15.5 Å². The Kier molecular flexibility index (Phi) is 5.53. The van der Waals surface area contributed by atoms with Crippen LogP contribution < -0.4 is 20.5 Å². The number of nitrogen functional groups attached to an aromatic ring is 1. The quantitative estimate of drug-likeness (QED) is 0.419. The molecule has 10 nitrogen and oxygen atoms in total. The van der Waals surface area contributed by atoms with Crippen LogP contribution in [0.15, 0.2) is 40.1 Å². The number of ether oxygens (including phenoxy) is 2. The number of imidazole rings is 1. The molecule has 0 spiro atoms. The second-order valence-electron chi connectivity index (χ2n) is 6.82. The molecule has 0 saturated heterocycles. The van der Waals surface area contributed by atoms with Crippen molar-refractivity contribution in [2.24, 2.45) is 0 Å². The van der Waals surface area contributed by atoms with E-state index in [1.54, 1.807) is 6.20 Å². The Hall–Kier alpha value is -3.38. The maximum absolute atomic E-state index is 12.1. The number of nitrogens with one attached hydrogen (secondary N) is 1.